The molecule has 1 unspecified atom stereocenters. The number of rotatable bonds is 4. The van der Waals surface area contributed by atoms with Crippen LogP contribution in [0.4, 0.5) is 10.1 Å². The Labute approximate surface area is 112 Å². The van der Waals surface area contributed by atoms with Crippen molar-refractivity contribution >= 4 is 27.5 Å². The molecule has 1 aromatic carbocycles. The quantitative estimate of drug-likeness (QED) is 0.612. The van der Waals surface area contributed by atoms with Gasteiger partial charge in [-0.15, -0.1) is 0 Å². The van der Waals surface area contributed by atoms with Crippen LogP contribution >= 0.6 is 15.9 Å². The SMILES string of the molecule is CC(O)(CO)CNC(=O)c1cc(N)c(F)cc1Br. The fourth-order valence-electron chi connectivity index (χ4n) is 1.16. The lowest BCUT2D eigenvalue weighted by atomic mass is 10.1. The highest BCUT2D eigenvalue weighted by molar-refractivity contribution is 9.10. The predicted molar refractivity (Wildman–Crippen MR) is 68.6 cm³/mol. The smallest absolute Gasteiger partial charge is 0.252 e. The Hall–Kier alpha value is -1.18. The number of nitrogens with one attached hydrogen (secondary N) is 1. The summed E-state index contributed by atoms with van der Waals surface area (Å²) in [7, 11) is 0. The molecule has 0 aromatic heterocycles. The van der Waals surface area contributed by atoms with Crippen LogP contribution in [-0.4, -0.2) is 34.9 Å². The van der Waals surface area contributed by atoms with Crippen molar-refractivity contribution in [3.63, 3.8) is 0 Å². The number of hydrogen-bond donors (Lipinski definition) is 4. The van der Waals surface area contributed by atoms with Crippen LogP contribution in [0.2, 0.25) is 0 Å². The fourth-order valence-corrected chi connectivity index (χ4v) is 1.66. The summed E-state index contributed by atoms with van der Waals surface area (Å²) < 4.78 is 13.4. The van der Waals surface area contributed by atoms with Gasteiger partial charge in [-0.1, -0.05) is 0 Å². The number of amides is 1. The van der Waals surface area contributed by atoms with E-state index in [-0.39, 0.29) is 22.3 Å². The molecule has 0 heterocycles. The Morgan fingerprint density at radius 3 is 2.78 bits per heavy atom. The lowest BCUT2D eigenvalue weighted by molar-refractivity contribution is 0.00319. The van der Waals surface area contributed by atoms with Crippen LogP contribution in [0.15, 0.2) is 16.6 Å². The van der Waals surface area contributed by atoms with Gasteiger partial charge in [0.05, 0.1) is 17.9 Å². The first kappa shape index (κ1) is 14.9. The Balaban J connectivity index is 2.82. The first-order valence-electron chi connectivity index (χ1n) is 5.13. The van der Waals surface area contributed by atoms with Gasteiger partial charge < -0.3 is 21.3 Å². The minimum absolute atomic E-state index is 0.133. The normalized spacial score (nSPS) is 14.1. The zero-order valence-electron chi connectivity index (χ0n) is 9.70. The van der Waals surface area contributed by atoms with Gasteiger partial charge >= 0.3 is 0 Å². The number of anilines is 1. The summed E-state index contributed by atoms with van der Waals surface area (Å²) in [5.74, 6) is -1.15. The van der Waals surface area contributed by atoms with E-state index < -0.39 is 23.9 Å². The van der Waals surface area contributed by atoms with Gasteiger partial charge in [-0.05, 0) is 35.0 Å². The number of benzene rings is 1. The minimum Gasteiger partial charge on any atom is -0.396 e. The maximum absolute atomic E-state index is 13.1. The average molecular weight is 321 g/mol. The number of hydrogen-bond acceptors (Lipinski definition) is 4. The molecule has 0 spiro atoms. The highest BCUT2D eigenvalue weighted by atomic mass is 79.9. The van der Waals surface area contributed by atoms with Crippen LogP contribution in [0, 0.1) is 5.82 Å². The van der Waals surface area contributed by atoms with Crippen molar-refractivity contribution in [2.24, 2.45) is 0 Å². The summed E-state index contributed by atoms with van der Waals surface area (Å²) in [5.41, 5.74) is 3.98. The number of carbonyl (C=O) groups is 1. The van der Waals surface area contributed by atoms with Crippen LogP contribution in [0.3, 0.4) is 0 Å². The zero-order valence-corrected chi connectivity index (χ0v) is 11.3. The van der Waals surface area contributed by atoms with Gasteiger partial charge in [-0.3, -0.25) is 4.79 Å². The third-order valence-electron chi connectivity index (χ3n) is 2.30. The predicted octanol–water partition coefficient (Wildman–Crippen LogP) is 0.643. The number of carbonyl (C=O) groups excluding carboxylic acids is 1. The van der Waals surface area contributed by atoms with Crippen LogP contribution in [0.25, 0.3) is 0 Å². The molecule has 18 heavy (non-hydrogen) atoms. The highest BCUT2D eigenvalue weighted by Crippen LogP contribution is 2.22. The van der Waals surface area contributed by atoms with Gasteiger partial charge in [0.1, 0.15) is 11.4 Å². The van der Waals surface area contributed by atoms with Gasteiger partial charge in [-0.25, -0.2) is 4.39 Å². The molecule has 0 saturated heterocycles. The summed E-state index contributed by atoms with van der Waals surface area (Å²) in [6.07, 6.45) is 0. The van der Waals surface area contributed by atoms with Crippen molar-refractivity contribution < 1.29 is 19.4 Å². The van der Waals surface area contributed by atoms with E-state index in [4.69, 9.17) is 10.8 Å². The summed E-state index contributed by atoms with van der Waals surface area (Å²) in [6.45, 7) is 0.757. The first-order valence-corrected chi connectivity index (χ1v) is 5.92. The Bertz CT molecular complexity index is 466. The third kappa shape index (κ3) is 3.66. The number of nitrogen functional groups attached to an aromatic ring is 1. The van der Waals surface area contributed by atoms with Gasteiger partial charge in [0.15, 0.2) is 0 Å². The topological polar surface area (TPSA) is 95.6 Å². The molecule has 0 saturated carbocycles. The van der Waals surface area contributed by atoms with Gasteiger partial charge in [-0.2, -0.15) is 0 Å². The monoisotopic (exact) mass is 320 g/mol. The summed E-state index contributed by atoms with van der Waals surface area (Å²) >= 11 is 3.05. The molecular formula is C11H14BrFN2O3. The van der Waals surface area contributed by atoms with Crippen LogP contribution in [-0.2, 0) is 0 Å². The Morgan fingerprint density at radius 2 is 2.22 bits per heavy atom. The number of aliphatic hydroxyl groups is 2. The van der Waals surface area contributed by atoms with E-state index in [1.54, 1.807) is 0 Å². The van der Waals surface area contributed by atoms with E-state index in [0.29, 0.717) is 0 Å². The average Bonchev–Trinajstić information content (AvgIpc) is 2.31. The van der Waals surface area contributed by atoms with Gasteiger partial charge in [0, 0.05) is 11.0 Å². The van der Waals surface area contributed by atoms with E-state index >= 15 is 0 Å². The van der Waals surface area contributed by atoms with Crippen molar-refractivity contribution in [3.05, 3.63) is 28.0 Å². The van der Waals surface area contributed by atoms with Crippen LogP contribution < -0.4 is 11.1 Å². The maximum atomic E-state index is 13.1. The highest BCUT2D eigenvalue weighted by Gasteiger charge is 2.21. The van der Waals surface area contributed by atoms with Crippen LogP contribution in [0.5, 0.6) is 0 Å². The molecule has 7 heteroatoms. The van der Waals surface area contributed by atoms with E-state index in [9.17, 15) is 14.3 Å². The Kier molecular flexibility index (Phi) is 4.66. The summed E-state index contributed by atoms with van der Waals surface area (Å²) in [5, 5.41) is 20.8. The van der Waals surface area contributed by atoms with Crippen molar-refractivity contribution in [1.29, 1.82) is 0 Å². The zero-order chi connectivity index (χ0) is 13.9. The summed E-state index contributed by atoms with van der Waals surface area (Å²) in [6, 6.07) is 2.29. The first-order chi connectivity index (χ1) is 8.26. The molecule has 1 amide bonds. The molecule has 1 atom stereocenters. The molecule has 1 rings (SSSR count). The maximum Gasteiger partial charge on any atom is 0.252 e. The number of halogens is 2. The van der Waals surface area contributed by atoms with Gasteiger partial charge in [0.2, 0.25) is 0 Å². The second-order valence-corrected chi connectivity index (χ2v) is 5.05. The lowest BCUT2D eigenvalue weighted by Crippen LogP contribution is -2.43. The van der Waals surface area contributed by atoms with Crippen molar-refractivity contribution in [1.82, 2.24) is 5.32 Å². The third-order valence-corrected chi connectivity index (χ3v) is 2.96. The second-order valence-electron chi connectivity index (χ2n) is 4.19. The molecule has 5 nitrogen and oxygen atoms in total. The fraction of sp³-hybridized carbons (Fsp3) is 0.364. The van der Waals surface area contributed by atoms with E-state index in [2.05, 4.69) is 21.2 Å². The number of aliphatic hydroxyl groups excluding tert-OH is 1. The Morgan fingerprint density at radius 1 is 1.61 bits per heavy atom. The minimum atomic E-state index is -1.41. The molecule has 0 fully saturated rings. The molecule has 0 bridgehead atoms. The standard InChI is InChI=1S/C11H14BrFN2O3/c1-11(18,5-16)4-15-10(17)6-2-9(14)8(13)3-7(6)12/h2-3,16,18H,4-5,14H2,1H3,(H,15,17). The molecule has 100 valence electrons. The summed E-state index contributed by atoms with van der Waals surface area (Å²) in [4.78, 5) is 11.8. The van der Waals surface area contributed by atoms with Gasteiger partial charge in [0.25, 0.3) is 5.91 Å². The molecule has 0 aliphatic heterocycles. The van der Waals surface area contributed by atoms with Crippen LogP contribution in [0.1, 0.15) is 17.3 Å². The van der Waals surface area contributed by atoms with Crippen molar-refractivity contribution in [2.75, 3.05) is 18.9 Å². The second kappa shape index (κ2) is 5.64. The van der Waals surface area contributed by atoms with E-state index in [1.165, 1.54) is 13.0 Å². The van der Waals surface area contributed by atoms with E-state index in [1.807, 2.05) is 0 Å². The lowest BCUT2D eigenvalue weighted by Gasteiger charge is -2.20. The molecule has 1 aromatic rings. The molecular weight excluding hydrogens is 307 g/mol. The largest absolute Gasteiger partial charge is 0.396 e. The molecule has 0 aliphatic carbocycles. The van der Waals surface area contributed by atoms with E-state index in [0.717, 1.165) is 6.07 Å². The molecule has 0 radical (unpaired) electrons. The number of nitrogens with two attached hydrogens (primary N) is 1. The molecule has 5 N–H and O–H groups in total. The van der Waals surface area contributed by atoms with Crippen molar-refractivity contribution in [2.45, 2.75) is 12.5 Å². The van der Waals surface area contributed by atoms with Crippen molar-refractivity contribution in [3.8, 4) is 0 Å². The molecule has 0 aliphatic rings.